The Morgan fingerprint density at radius 1 is 0.585 bits per heavy atom. The fraction of sp³-hybridized carbons (Fsp3) is 0.468. The minimum atomic E-state index is -1.20. The molecule has 1 N–H and O–H groups in total. The number of phenols is 1. The van der Waals surface area contributed by atoms with Crippen molar-refractivity contribution in [1.29, 1.82) is 0 Å². The monoisotopic (exact) mass is 845 g/mol. The van der Waals surface area contributed by atoms with Crippen LogP contribution in [-0.2, 0) is 21.5 Å². The molecule has 0 fully saturated rings. The number of ether oxygens (including phenoxy) is 1. The van der Waals surface area contributed by atoms with E-state index in [1.165, 1.54) is 44.5 Å². The van der Waals surface area contributed by atoms with Gasteiger partial charge in [-0.15, -0.1) is 12.4 Å². The molecule has 0 unspecified atom stereocenters. The van der Waals surface area contributed by atoms with Crippen LogP contribution in [0.15, 0.2) is 66.7 Å². The molecule has 3 nitrogen and oxygen atoms in total. The number of rotatable bonds is 10. The van der Waals surface area contributed by atoms with Crippen LogP contribution in [-0.4, -0.2) is 36.6 Å². The van der Waals surface area contributed by atoms with Gasteiger partial charge < -0.3 is 5.11 Å². The zero-order valence-electron chi connectivity index (χ0n) is 35.5. The Labute approximate surface area is 339 Å². The summed E-state index contributed by atoms with van der Waals surface area (Å²) in [5.41, 5.74) is 13.3. The van der Waals surface area contributed by atoms with Crippen LogP contribution in [0.5, 0.6) is 11.5 Å². The maximum atomic E-state index is 12.1. The van der Waals surface area contributed by atoms with Crippen LogP contribution in [0.3, 0.4) is 0 Å². The van der Waals surface area contributed by atoms with Gasteiger partial charge in [-0.2, -0.15) is 0 Å². The standard InChI is InChI=1S/C36H50O.C8H8O.C3H9P.ClH.Mo.O/c1-20(2)26-16-30(22(5)6)34(31(17-26)23(7)8)28-14-13-15-29(36(28)37)35-32(24(9)10)18-27(21(3)4)19-33(35)25(11)12;1-7-5-3-4-6-8(7)9-2;1-4(2)3;;;/h13-25,37H,1-12H3;1,3-6H,2H3;1-3H3;1H;;/p+1. The van der Waals surface area contributed by atoms with Crippen LogP contribution in [0.25, 0.3) is 22.3 Å². The molecule has 0 saturated carbocycles. The number of para-hydroxylation sites is 2. The molecule has 53 heavy (non-hydrogen) atoms. The van der Waals surface area contributed by atoms with Crippen molar-refractivity contribution >= 4 is 24.7 Å². The summed E-state index contributed by atoms with van der Waals surface area (Å²) in [5, 5.41) is 12.1. The quantitative estimate of drug-likeness (QED) is 0.128. The van der Waals surface area contributed by atoms with E-state index < -0.39 is 18.1 Å². The molecule has 4 rings (SSSR count). The molecule has 0 amide bonds. The summed E-state index contributed by atoms with van der Waals surface area (Å²) in [6.45, 7) is 34.0. The van der Waals surface area contributed by atoms with E-state index in [1.807, 2.05) is 24.3 Å². The van der Waals surface area contributed by atoms with E-state index in [9.17, 15) is 8.50 Å². The summed E-state index contributed by atoms with van der Waals surface area (Å²) in [6, 6.07) is 23.4. The second kappa shape index (κ2) is 22.8. The Kier molecular flexibility index (Phi) is 20.9. The maximum Gasteiger partial charge on any atom is 0.0461 e. The Morgan fingerprint density at radius 2 is 0.925 bits per heavy atom. The van der Waals surface area contributed by atoms with Gasteiger partial charge >= 0.3 is 73.3 Å². The van der Waals surface area contributed by atoms with E-state index in [1.54, 1.807) is 11.5 Å². The number of phenolic OH excluding ortho intramolecular Hbond substituents is 1. The van der Waals surface area contributed by atoms with E-state index in [4.69, 9.17) is 4.74 Å². The second-order valence-electron chi connectivity index (χ2n) is 16.2. The van der Waals surface area contributed by atoms with Crippen molar-refractivity contribution in [2.75, 3.05) is 27.1 Å². The average Bonchev–Trinajstić information content (AvgIpc) is 3.07. The summed E-state index contributed by atoms with van der Waals surface area (Å²) < 4.78 is 17.2. The fourth-order valence-corrected chi connectivity index (χ4v) is 7.03. The summed E-state index contributed by atoms with van der Waals surface area (Å²) in [7, 11) is 1.73. The van der Waals surface area contributed by atoms with Gasteiger partial charge in [-0.25, -0.2) is 0 Å². The number of aromatic hydroxyl groups is 1. The van der Waals surface area contributed by atoms with Crippen LogP contribution in [0, 0.1) is 0 Å². The molecule has 0 radical (unpaired) electrons. The van der Waals surface area contributed by atoms with Gasteiger partial charge in [0.2, 0.25) is 0 Å². The van der Waals surface area contributed by atoms with Gasteiger partial charge in [0.05, 0.1) is 0 Å². The van der Waals surface area contributed by atoms with Gasteiger partial charge in [0.15, 0.2) is 0 Å². The third kappa shape index (κ3) is 13.4. The van der Waals surface area contributed by atoms with Crippen molar-refractivity contribution in [3.63, 3.8) is 0 Å². The number of hydrogen-bond donors (Lipinski definition) is 1. The third-order valence-electron chi connectivity index (χ3n) is 9.15. The predicted molar refractivity (Wildman–Crippen MR) is 236 cm³/mol. The maximum absolute atomic E-state index is 12.1. The van der Waals surface area contributed by atoms with E-state index in [0.717, 1.165) is 22.4 Å². The fourth-order valence-electron chi connectivity index (χ4n) is 6.30. The molecule has 0 aliphatic rings. The first-order valence-electron chi connectivity index (χ1n) is 19.1. The minimum Gasteiger partial charge on any atom is -0.147 e. The molecule has 0 aliphatic heterocycles. The molecule has 0 spiro atoms. The topological polar surface area (TPSA) is 46.5 Å². The first-order chi connectivity index (χ1) is 24.4. The average molecular weight is 844 g/mol. The Bertz CT molecular complexity index is 1650. The first kappa shape index (κ1) is 48.6. The van der Waals surface area contributed by atoms with Crippen LogP contribution in [0.2, 0.25) is 0 Å². The van der Waals surface area contributed by atoms with Crippen molar-refractivity contribution in [3.05, 3.63) is 106 Å². The van der Waals surface area contributed by atoms with Crippen molar-refractivity contribution in [2.45, 2.75) is 119 Å². The molecule has 0 saturated heterocycles. The number of benzene rings is 4. The third-order valence-corrected chi connectivity index (χ3v) is 10.0. The van der Waals surface area contributed by atoms with E-state index in [2.05, 4.69) is 146 Å². The summed E-state index contributed by atoms with van der Waals surface area (Å²) >= 11 is -1.20. The Morgan fingerprint density at radius 3 is 1.21 bits per heavy atom. The van der Waals surface area contributed by atoms with Crippen molar-refractivity contribution in [1.82, 2.24) is 0 Å². The van der Waals surface area contributed by atoms with Crippen LogP contribution < -0.4 is 4.74 Å². The minimum absolute atomic E-state index is 0. The molecule has 0 atom stereocenters. The molecule has 6 heteroatoms. The zero-order valence-corrected chi connectivity index (χ0v) is 39.3. The van der Waals surface area contributed by atoms with Gasteiger partial charge in [0.25, 0.3) is 0 Å². The molecule has 292 valence electrons. The van der Waals surface area contributed by atoms with Crippen LogP contribution in [0.1, 0.15) is 158 Å². The number of methoxy groups -OCH3 is 1. The van der Waals surface area contributed by atoms with Crippen molar-refractivity contribution in [2.24, 2.45) is 0 Å². The SMILES string of the molecule is CC(C)c1cc(C(C)C)c(-c2cccc(-c3c(C(C)C)cc(C(C)C)cc3C(C)C)c2O)c(C(C)C)c1.COc1ccccc1[CH]=[Mo]=[O].C[PH+](C)C.Cl. The normalized spacial score (nSPS) is 11.1. The van der Waals surface area contributed by atoms with E-state index >= 15 is 0 Å². The Balaban J connectivity index is 0.000000732. The molecule has 0 aliphatic carbocycles. The summed E-state index contributed by atoms with van der Waals surface area (Å²) in [6.07, 6.45) is 0. The van der Waals surface area contributed by atoms with E-state index in [0.29, 0.717) is 41.3 Å². The first-order valence-corrected chi connectivity index (χ1v) is 24.0. The predicted octanol–water partition coefficient (Wildman–Crippen LogP) is 14.3. The largest absolute Gasteiger partial charge is 0.147 e. The van der Waals surface area contributed by atoms with Gasteiger partial charge in [0.1, 0.15) is 5.75 Å². The molecule has 4 aromatic rings. The molecule has 0 aromatic heterocycles. The zero-order chi connectivity index (χ0) is 39.4. The van der Waals surface area contributed by atoms with E-state index in [-0.39, 0.29) is 20.3 Å². The van der Waals surface area contributed by atoms with Gasteiger partial charge in [-0.1, -0.05) is 126 Å². The number of hydrogen-bond acceptors (Lipinski definition) is 3. The molecule has 0 heterocycles. The Hall–Kier alpha value is -2.44. The molecular formula is C47H69ClMoO3P+. The summed E-state index contributed by atoms with van der Waals surface area (Å²) in [5.74, 6) is 3.55. The van der Waals surface area contributed by atoms with Crippen molar-refractivity contribution < 1.29 is 31.3 Å². The summed E-state index contributed by atoms with van der Waals surface area (Å²) in [4.78, 5) is 0. The molecular weight excluding hydrogens is 775 g/mol. The van der Waals surface area contributed by atoms with Gasteiger partial charge in [-0.3, -0.25) is 0 Å². The van der Waals surface area contributed by atoms with Crippen LogP contribution >= 0.6 is 20.3 Å². The molecule has 4 aromatic carbocycles. The molecule has 0 bridgehead atoms. The number of halogens is 1. The van der Waals surface area contributed by atoms with Gasteiger partial charge in [0, 0.05) is 31.1 Å². The van der Waals surface area contributed by atoms with Gasteiger partial charge in [-0.05, 0) is 87.9 Å². The smallest absolute Gasteiger partial charge is 0.0461 e. The second-order valence-corrected chi connectivity index (χ2v) is 20.3. The van der Waals surface area contributed by atoms with Crippen molar-refractivity contribution in [3.8, 4) is 33.8 Å². The van der Waals surface area contributed by atoms with Crippen LogP contribution in [0.4, 0.5) is 0 Å².